The van der Waals surface area contributed by atoms with Crippen molar-refractivity contribution in [1.29, 1.82) is 5.26 Å². The molecule has 5 nitrogen and oxygen atoms in total. The Morgan fingerprint density at radius 3 is 2.88 bits per heavy atom. The first-order chi connectivity index (χ1) is 7.72. The van der Waals surface area contributed by atoms with Gasteiger partial charge >= 0.3 is 0 Å². The number of benzene rings is 1. The van der Waals surface area contributed by atoms with Crippen molar-refractivity contribution in [3.63, 3.8) is 0 Å². The Morgan fingerprint density at radius 2 is 2.31 bits per heavy atom. The molecule has 0 amide bonds. The highest BCUT2D eigenvalue weighted by Gasteiger charge is 2.11. The van der Waals surface area contributed by atoms with Crippen molar-refractivity contribution in [3.8, 4) is 17.6 Å². The quantitative estimate of drug-likeness (QED) is 0.677. The Bertz CT molecular complexity index is 387. The summed E-state index contributed by atoms with van der Waals surface area (Å²) in [4.78, 5) is 0. The Labute approximate surface area is 93.9 Å². The highest BCUT2D eigenvalue weighted by Crippen LogP contribution is 2.28. The first kappa shape index (κ1) is 12.3. The minimum absolute atomic E-state index is 0.0325. The van der Waals surface area contributed by atoms with Gasteiger partial charge < -0.3 is 14.9 Å². The van der Waals surface area contributed by atoms with Crippen molar-refractivity contribution in [3.05, 3.63) is 23.8 Å². The molecule has 1 unspecified atom stereocenters. The molecular weight excluding hydrogens is 208 g/mol. The number of nitrogens with zero attached hydrogens (tertiary/aromatic N) is 1. The zero-order chi connectivity index (χ0) is 12.0. The number of ether oxygens (including phenoxy) is 1. The van der Waals surface area contributed by atoms with Crippen LogP contribution in [0.3, 0.4) is 0 Å². The minimum atomic E-state index is -0.526. The number of hydrogen-bond donors (Lipinski definition) is 3. The smallest absolute Gasteiger partial charge is 0.160 e. The molecule has 0 aliphatic carbocycles. The topological polar surface area (TPSA) is 85.5 Å². The monoisotopic (exact) mass is 222 g/mol. The Kier molecular flexibility index (Phi) is 4.58. The van der Waals surface area contributed by atoms with Gasteiger partial charge in [-0.1, -0.05) is 6.07 Å². The summed E-state index contributed by atoms with van der Waals surface area (Å²) in [5.74, 6) is 0.355. The number of aliphatic hydroxyl groups is 1. The van der Waals surface area contributed by atoms with Gasteiger partial charge in [-0.2, -0.15) is 5.26 Å². The fraction of sp³-hybridized carbons (Fsp3) is 0.364. The number of aromatic hydroxyl groups is 1. The van der Waals surface area contributed by atoms with Crippen LogP contribution in [-0.2, 0) is 0 Å². The van der Waals surface area contributed by atoms with Crippen LogP contribution < -0.4 is 10.1 Å². The molecule has 0 spiro atoms. The molecule has 0 saturated heterocycles. The molecule has 0 heterocycles. The third kappa shape index (κ3) is 2.86. The van der Waals surface area contributed by atoms with Crippen LogP contribution in [-0.4, -0.2) is 30.5 Å². The molecular formula is C11H14N2O3. The van der Waals surface area contributed by atoms with Gasteiger partial charge in [0, 0.05) is 6.54 Å². The zero-order valence-corrected chi connectivity index (χ0v) is 8.97. The van der Waals surface area contributed by atoms with E-state index in [0.29, 0.717) is 17.9 Å². The number of methoxy groups -OCH3 is 1. The second-order valence-electron chi connectivity index (χ2n) is 3.17. The van der Waals surface area contributed by atoms with E-state index >= 15 is 0 Å². The summed E-state index contributed by atoms with van der Waals surface area (Å²) in [5, 5.41) is 29.9. The van der Waals surface area contributed by atoms with Crippen LogP contribution in [0.25, 0.3) is 0 Å². The summed E-state index contributed by atoms with van der Waals surface area (Å²) in [6.07, 6.45) is 0. The van der Waals surface area contributed by atoms with Crippen molar-refractivity contribution in [2.24, 2.45) is 0 Å². The van der Waals surface area contributed by atoms with E-state index in [1.165, 1.54) is 13.2 Å². The van der Waals surface area contributed by atoms with E-state index in [4.69, 9.17) is 15.1 Å². The van der Waals surface area contributed by atoms with Crippen LogP contribution in [0.5, 0.6) is 11.5 Å². The van der Waals surface area contributed by atoms with Crippen molar-refractivity contribution < 1.29 is 14.9 Å². The Balaban J connectivity index is 2.89. The molecule has 0 aliphatic heterocycles. The maximum absolute atomic E-state index is 9.40. The maximum atomic E-state index is 9.40. The van der Waals surface area contributed by atoms with E-state index in [1.54, 1.807) is 12.1 Å². The summed E-state index contributed by atoms with van der Waals surface area (Å²) in [5.41, 5.74) is 0.686. The molecule has 0 bridgehead atoms. The first-order valence-electron chi connectivity index (χ1n) is 4.83. The first-order valence-corrected chi connectivity index (χ1v) is 4.83. The van der Waals surface area contributed by atoms with Gasteiger partial charge in [0.1, 0.15) is 6.04 Å². The number of rotatable bonds is 5. The van der Waals surface area contributed by atoms with E-state index in [9.17, 15) is 5.11 Å². The van der Waals surface area contributed by atoms with Crippen LogP contribution in [0.15, 0.2) is 18.2 Å². The predicted molar refractivity (Wildman–Crippen MR) is 58.1 cm³/mol. The number of nitriles is 1. The van der Waals surface area contributed by atoms with Crippen LogP contribution in [0.1, 0.15) is 11.6 Å². The summed E-state index contributed by atoms with van der Waals surface area (Å²) in [6, 6.07) is 6.24. The van der Waals surface area contributed by atoms with Gasteiger partial charge in [0.05, 0.1) is 19.8 Å². The molecule has 5 heteroatoms. The van der Waals surface area contributed by atoms with Gasteiger partial charge in [-0.3, -0.25) is 5.32 Å². The van der Waals surface area contributed by atoms with E-state index in [0.717, 1.165) is 0 Å². The number of hydrogen-bond acceptors (Lipinski definition) is 5. The molecule has 1 rings (SSSR count). The van der Waals surface area contributed by atoms with Crippen molar-refractivity contribution in [1.82, 2.24) is 5.32 Å². The van der Waals surface area contributed by atoms with Gasteiger partial charge in [-0.25, -0.2) is 0 Å². The van der Waals surface area contributed by atoms with Crippen LogP contribution in [0, 0.1) is 11.3 Å². The lowest BCUT2D eigenvalue weighted by atomic mass is 10.1. The highest BCUT2D eigenvalue weighted by atomic mass is 16.5. The van der Waals surface area contributed by atoms with Gasteiger partial charge in [-0.15, -0.1) is 0 Å². The standard InChI is InChI=1S/C11H14N2O3/c1-16-11-6-8(2-3-10(11)15)9(7-12)13-4-5-14/h2-3,6,9,13-15H,4-5H2,1H3. The van der Waals surface area contributed by atoms with Crippen LogP contribution in [0.2, 0.25) is 0 Å². The predicted octanol–water partition coefficient (Wildman–Crippen LogP) is 0.547. The molecule has 86 valence electrons. The average Bonchev–Trinajstić information content (AvgIpc) is 2.32. The molecule has 0 radical (unpaired) electrons. The fourth-order valence-electron chi connectivity index (χ4n) is 1.32. The highest BCUT2D eigenvalue weighted by molar-refractivity contribution is 5.43. The number of aliphatic hydroxyl groups excluding tert-OH is 1. The Morgan fingerprint density at radius 1 is 1.56 bits per heavy atom. The van der Waals surface area contributed by atoms with Crippen molar-refractivity contribution in [2.45, 2.75) is 6.04 Å². The second-order valence-corrected chi connectivity index (χ2v) is 3.17. The molecule has 16 heavy (non-hydrogen) atoms. The van der Waals surface area contributed by atoms with E-state index < -0.39 is 6.04 Å². The summed E-state index contributed by atoms with van der Waals surface area (Å²) in [6.45, 7) is 0.300. The average molecular weight is 222 g/mol. The lowest BCUT2D eigenvalue weighted by Gasteiger charge is -2.12. The largest absolute Gasteiger partial charge is 0.504 e. The van der Waals surface area contributed by atoms with Crippen LogP contribution in [0.4, 0.5) is 0 Å². The Hall–Kier alpha value is -1.77. The van der Waals surface area contributed by atoms with Gasteiger partial charge in [0.25, 0.3) is 0 Å². The van der Waals surface area contributed by atoms with Gasteiger partial charge in [0.2, 0.25) is 0 Å². The van der Waals surface area contributed by atoms with Crippen LogP contribution >= 0.6 is 0 Å². The summed E-state index contributed by atoms with van der Waals surface area (Å²) in [7, 11) is 1.45. The molecule has 0 fully saturated rings. The van der Waals surface area contributed by atoms with E-state index in [1.807, 2.05) is 0 Å². The molecule has 0 saturated carbocycles. The van der Waals surface area contributed by atoms with Crippen molar-refractivity contribution >= 4 is 0 Å². The third-order valence-corrected chi connectivity index (χ3v) is 2.13. The summed E-state index contributed by atoms with van der Waals surface area (Å²) < 4.78 is 4.95. The molecule has 1 aromatic rings. The fourth-order valence-corrected chi connectivity index (χ4v) is 1.32. The van der Waals surface area contributed by atoms with E-state index in [-0.39, 0.29) is 12.4 Å². The molecule has 1 aromatic carbocycles. The molecule has 3 N–H and O–H groups in total. The zero-order valence-electron chi connectivity index (χ0n) is 8.97. The minimum Gasteiger partial charge on any atom is -0.504 e. The summed E-state index contributed by atoms with van der Waals surface area (Å²) >= 11 is 0. The number of phenols is 1. The maximum Gasteiger partial charge on any atom is 0.160 e. The SMILES string of the molecule is COc1cc(C(C#N)NCCO)ccc1O. The lowest BCUT2D eigenvalue weighted by Crippen LogP contribution is -2.23. The number of phenolic OH excluding ortho intramolecular Hbond substituents is 1. The van der Waals surface area contributed by atoms with E-state index in [2.05, 4.69) is 11.4 Å². The number of nitrogens with one attached hydrogen (secondary N) is 1. The van der Waals surface area contributed by atoms with Crippen molar-refractivity contribution in [2.75, 3.05) is 20.3 Å². The third-order valence-electron chi connectivity index (χ3n) is 2.13. The van der Waals surface area contributed by atoms with Gasteiger partial charge in [-0.05, 0) is 17.7 Å². The normalized spacial score (nSPS) is 11.8. The molecule has 0 aliphatic rings. The molecule has 1 atom stereocenters. The van der Waals surface area contributed by atoms with Gasteiger partial charge in [0.15, 0.2) is 11.5 Å². The second kappa shape index (κ2) is 5.95. The lowest BCUT2D eigenvalue weighted by molar-refractivity contribution is 0.289. The molecule has 0 aromatic heterocycles.